The molecule has 1 aliphatic carbocycles. The van der Waals surface area contributed by atoms with Crippen LogP contribution in [-0.4, -0.2) is 42.3 Å². The molecule has 176 valence electrons. The summed E-state index contributed by atoms with van der Waals surface area (Å²) in [5.74, 6) is 0.0317. The first-order valence-electron chi connectivity index (χ1n) is 10.9. The summed E-state index contributed by atoms with van der Waals surface area (Å²) in [7, 11) is 0. The number of amides is 3. The number of carbonyl (C=O) groups is 2. The second-order valence-corrected chi connectivity index (χ2v) is 8.23. The van der Waals surface area contributed by atoms with E-state index in [9.17, 15) is 18.4 Å². The second-order valence-electron chi connectivity index (χ2n) is 8.23. The number of nitrogens with one attached hydrogen (secondary N) is 2. The lowest BCUT2D eigenvalue weighted by Gasteiger charge is -2.30. The molecule has 8 nitrogen and oxygen atoms in total. The van der Waals surface area contributed by atoms with Crippen LogP contribution in [0.25, 0.3) is 0 Å². The molecule has 1 aliphatic heterocycles. The fourth-order valence-electron chi connectivity index (χ4n) is 4.00. The van der Waals surface area contributed by atoms with Crippen LogP contribution in [0.15, 0.2) is 42.6 Å². The lowest BCUT2D eigenvalue weighted by atomic mass is 10.1. The molecule has 1 aromatic heterocycles. The maximum atomic E-state index is 13.2. The van der Waals surface area contributed by atoms with Gasteiger partial charge in [-0.25, -0.2) is 9.78 Å². The Labute approximate surface area is 190 Å². The lowest BCUT2D eigenvalue weighted by Crippen LogP contribution is -2.49. The highest BCUT2D eigenvalue weighted by Crippen LogP contribution is 2.28. The topological polar surface area (TPSA) is 92.8 Å². The number of aromatic nitrogens is 1. The number of halogens is 2. The molecule has 33 heavy (non-hydrogen) atoms. The molecule has 1 fully saturated rings. The van der Waals surface area contributed by atoms with Crippen molar-refractivity contribution in [3.8, 4) is 5.75 Å². The van der Waals surface area contributed by atoms with Crippen molar-refractivity contribution < 1.29 is 27.8 Å². The second kappa shape index (κ2) is 9.70. The molecule has 2 aliphatic rings. The Balaban J connectivity index is 1.52. The predicted molar refractivity (Wildman–Crippen MR) is 117 cm³/mol. The number of fused-ring (bicyclic) bond motifs is 1. The molecule has 3 amide bonds. The van der Waals surface area contributed by atoms with Gasteiger partial charge in [-0.2, -0.15) is 8.78 Å². The van der Waals surface area contributed by atoms with Crippen molar-refractivity contribution in [2.75, 3.05) is 23.4 Å². The highest BCUT2D eigenvalue weighted by molar-refractivity contribution is 6.08. The number of ether oxygens (including phenoxy) is 2. The summed E-state index contributed by atoms with van der Waals surface area (Å²) >= 11 is 0. The van der Waals surface area contributed by atoms with Gasteiger partial charge in [-0.1, -0.05) is 25.0 Å². The van der Waals surface area contributed by atoms with E-state index in [-0.39, 0.29) is 30.9 Å². The van der Waals surface area contributed by atoms with E-state index in [1.54, 1.807) is 30.5 Å². The molecular weight excluding hydrogens is 434 g/mol. The largest absolute Gasteiger partial charge is 0.433 e. The predicted octanol–water partition coefficient (Wildman–Crippen LogP) is 4.24. The smallest absolute Gasteiger partial charge is 0.394 e. The van der Waals surface area contributed by atoms with Gasteiger partial charge in [0.15, 0.2) is 5.82 Å². The van der Waals surface area contributed by atoms with Crippen LogP contribution in [0.4, 0.5) is 25.1 Å². The third kappa shape index (κ3) is 5.95. The normalized spacial score (nSPS) is 17.3. The number of pyridine rings is 1. The molecule has 4 rings (SSSR count). The van der Waals surface area contributed by atoms with E-state index < -0.39 is 18.2 Å². The van der Waals surface area contributed by atoms with E-state index in [1.165, 1.54) is 17.0 Å². The third-order valence-electron chi connectivity index (χ3n) is 5.54. The first-order chi connectivity index (χ1) is 15.8. The minimum atomic E-state index is -3.30. The highest BCUT2D eigenvalue weighted by Gasteiger charge is 2.30. The number of hydrogen-bond donors (Lipinski definition) is 2. The van der Waals surface area contributed by atoms with Crippen molar-refractivity contribution >= 4 is 23.4 Å². The minimum Gasteiger partial charge on any atom is -0.433 e. The van der Waals surface area contributed by atoms with Gasteiger partial charge in [0.1, 0.15) is 12.3 Å². The Morgan fingerprint density at radius 3 is 2.70 bits per heavy atom. The number of alkyl halides is 2. The van der Waals surface area contributed by atoms with Crippen LogP contribution >= 0.6 is 0 Å². The molecule has 2 N–H and O–H groups in total. The number of hydrogen-bond acceptors (Lipinski definition) is 5. The number of carbonyl (C=O) groups excluding carboxylic acids is 2. The van der Waals surface area contributed by atoms with Crippen LogP contribution in [0, 0.1) is 0 Å². The van der Waals surface area contributed by atoms with Gasteiger partial charge in [0.05, 0.1) is 24.4 Å². The minimum absolute atomic E-state index is 0.0128. The van der Waals surface area contributed by atoms with Crippen LogP contribution in [0.2, 0.25) is 0 Å². The zero-order valence-electron chi connectivity index (χ0n) is 18.2. The molecule has 2 heterocycles. The van der Waals surface area contributed by atoms with Crippen LogP contribution in [-0.2, 0) is 9.53 Å². The molecule has 1 atom stereocenters. The standard InChI is InChI=1S/C23H26F2N4O4/c1-23(24,25)33-17-10-8-15(9-11-17)19(14-32-16-5-2-3-6-16)28-22(31)29-13-20(30)27-18-7-4-12-26-21(18)29/h4,7-12,16,19H,2-3,5-6,13-14H2,1H3,(H,27,30)(H,28,31). The van der Waals surface area contributed by atoms with E-state index in [0.717, 1.165) is 25.7 Å². The monoisotopic (exact) mass is 460 g/mol. The first kappa shape index (κ1) is 22.9. The maximum Gasteiger partial charge on any atom is 0.394 e. The zero-order valence-corrected chi connectivity index (χ0v) is 18.2. The molecule has 1 saturated carbocycles. The van der Waals surface area contributed by atoms with Gasteiger partial charge in [0.25, 0.3) is 0 Å². The SMILES string of the molecule is CC(F)(F)Oc1ccc(C(COC2CCCC2)NC(=O)N2CC(=O)Nc3cccnc32)cc1. The molecule has 2 aromatic rings. The summed E-state index contributed by atoms with van der Waals surface area (Å²) in [6, 6.07) is 8.33. The number of rotatable bonds is 7. The zero-order chi connectivity index (χ0) is 23.4. The van der Waals surface area contributed by atoms with Crippen LogP contribution < -0.4 is 20.3 Å². The number of anilines is 2. The molecule has 0 spiro atoms. The van der Waals surface area contributed by atoms with E-state index in [2.05, 4.69) is 20.4 Å². The lowest BCUT2D eigenvalue weighted by molar-refractivity contribution is -0.158. The van der Waals surface area contributed by atoms with Gasteiger partial charge >= 0.3 is 12.1 Å². The Morgan fingerprint density at radius 1 is 1.27 bits per heavy atom. The van der Waals surface area contributed by atoms with E-state index in [1.807, 2.05) is 0 Å². The van der Waals surface area contributed by atoms with Crippen LogP contribution in [0.3, 0.4) is 0 Å². The van der Waals surface area contributed by atoms with Gasteiger partial charge in [-0.3, -0.25) is 9.69 Å². The summed E-state index contributed by atoms with van der Waals surface area (Å²) in [5, 5.41) is 5.60. The molecule has 0 radical (unpaired) electrons. The summed E-state index contributed by atoms with van der Waals surface area (Å²) in [6.45, 7) is 0.695. The van der Waals surface area contributed by atoms with Gasteiger partial charge < -0.3 is 20.1 Å². The Bertz CT molecular complexity index is 991. The average molecular weight is 460 g/mol. The Morgan fingerprint density at radius 2 is 2.00 bits per heavy atom. The van der Waals surface area contributed by atoms with Crippen molar-refractivity contribution in [1.82, 2.24) is 10.3 Å². The van der Waals surface area contributed by atoms with E-state index >= 15 is 0 Å². The van der Waals surface area contributed by atoms with Gasteiger partial charge in [-0.05, 0) is 42.7 Å². The van der Waals surface area contributed by atoms with Crippen molar-refractivity contribution in [2.45, 2.75) is 50.9 Å². The molecular formula is C23H26F2N4O4. The van der Waals surface area contributed by atoms with E-state index in [4.69, 9.17) is 4.74 Å². The van der Waals surface area contributed by atoms with Gasteiger partial charge in [0, 0.05) is 13.1 Å². The fraction of sp³-hybridized carbons (Fsp3) is 0.435. The molecule has 0 bridgehead atoms. The summed E-state index contributed by atoms with van der Waals surface area (Å²) < 4.78 is 36.9. The van der Waals surface area contributed by atoms with E-state index in [0.29, 0.717) is 24.0 Å². The Hall–Kier alpha value is -3.27. The van der Waals surface area contributed by atoms with Crippen LogP contribution in [0.1, 0.15) is 44.2 Å². The number of nitrogens with zero attached hydrogens (tertiary/aromatic N) is 2. The first-order valence-corrected chi connectivity index (χ1v) is 10.9. The van der Waals surface area contributed by atoms with Crippen molar-refractivity contribution in [2.24, 2.45) is 0 Å². The average Bonchev–Trinajstić information content (AvgIpc) is 3.29. The van der Waals surface area contributed by atoms with Crippen LogP contribution in [0.5, 0.6) is 5.75 Å². The van der Waals surface area contributed by atoms with Gasteiger partial charge in [-0.15, -0.1) is 0 Å². The summed E-state index contributed by atoms with van der Waals surface area (Å²) in [6.07, 6.45) is 2.49. The highest BCUT2D eigenvalue weighted by atomic mass is 19.3. The quantitative estimate of drug-likeness (QED) is 0.645. The summed E-state index contributed by atoms with van der Waals surface area (Å²) in [4.78, 5) is 30.7. The summed E-state index contributed by atoms with van der Waals surface area (Å²) in [5.41, 5.74) is 1.11. The molecule has 0 saturated heterocycles. The van der Waals surface area contributed by atoms with Crippen molar-refractivity contribution in [3.05, 3.63) is 48.2 Å². The number of urea groups is 1. The molecule has 1 aromatic carbocycles. The number of benzene rings is 1. The molecule has 1 unspecified atom stereocenters. The molecule has 10 heteroatoms. The van der Waals surface area contributed by atoms with Gasteiger partial charge in [0.2, 0.25) is 5.91 Å². The fourth-order valence-corrected chi connectivity index (χ4v) is 4.00. The van der Waals surface area contributed by atoms with Crippen molar-refractivity contribution in [3.63, 3.8) is 0 Å². The Kier molecular flexibility index (Phi) is 6.73. The third-order valence-corrected chi connectivity index (χ3v) is 5.54. The maximum absolute atomic E-state index is 13.2. The van der Waals surface area contributed by atoms with Crippen molar-refractivity contribution in [1.29, 1.82) is 0 Å².